The number of allylic oxidation sites excluding steroid dienone is 1. The number of aromatic nitrogens is 1. The summed E-state index contributed by atoms with van der Waals surface area (Å²) in [4.78, 5) is 26.5. The summed E-state index contributed by atoms with van der Waals surface area (Å²) in [5, 5.41) is 9.16. The monoisotopic (exact) mass is 357 g/mol. The maximum Gasteiger partial charge on any atom is 0.352 e. The molecule has 138 valence electrons. The lowest BCUT2D eigenvalue weighted by atomic mass is 10.0. The molecule has 6 nitrogen and oxygen atoms in total. The van der Waals surface area contributed by atoms with Crippen LogP contribution in [0.5, 0.6) is 11.5 Å². The van der Waals surface area contributed by atoms with Gasteiger partial charge in [0.2, 0.25) is 0 Å². The smallest absolute Gasteiger partial charge is 0.352 e. The van der Waals surface area contributed by atoms with Gasteiger partial charge in [0.25, 0.3) is 0 Å². The third-order valence-corrected chi connectivity index (χ3v) is 3.97. The normalized spacial score (nSPS) is 10.9. The number of H-pyrrole nitrogens is 1. The first-order chi connectivity index (χ1) is 12.4. The molecule has 0 aliphatic rings. The molecule has 0 aliphatic carbocycles. The summed E-state index contributed by atoms with van der Waals surface area (Å²) in [6.07, 6.45) is 3.98. The first kappa shape index (κ1) is 19.3. The van der Waals surface area contributed by atoms with Crippen LogP contribution in [0, 0.1) is 13.8 Å². The third-order valence-electron chi connectivity index (χ3n) is 3.97. The van der Waals surface area contributed by atoms with Crippen molar-refractivity contribution in [1.29, 1.82) is 0 Å². The summed E-state index contributed by atoms with van der Waals surface area (Å²) in [5.74, 6) is -0.0893. The Bertz CT molecular complexity index is 848. The van der Waals surface area contributed by atoms with E-state index >= 15 is 0 Å². The van der Waals surface area contributed by atoms with E-state index in [1.54, 1.807) is 39.2 Å². The van der Waals surface area contributed by atoms with Crippen LogP contribution in [0.25, 0.3) is 6.08 Å². The van der Waals surface area contributed by atoms with Crippen molar-refractivity contribution >= 4 is 17.8 Å². The number of methoxy groups -OCH3 is 1. The average molecular weight is 357 g/mol. The molecule has 0 saturated carbocycles. The number of aromatic carboxylic acids is 1. The van der Waals surface area contributed by atoms with Gasteiger partial charge in [-0.3, -0.25) is 4.79 Å². The average Bonchev–Trinajstić information content (AvgIpc) is 2.92. The van der Waals surface area contributed by atoms with Crippen LogP contribution in [0.15, 0.2) is 24.3 Å². The van der Waals surface area contributed by atoms with E-state index in [0.29, 0.717) is 34.9 Å². The Balaban J connectivity index is 2.27. The highest BCUT2D eigenvalue weighted by Crippen LogP contribution is 2.29. The van der Waals surface area contributed by atoms with Crippen LogP contribution < -0.4 is 9.47 Å². The molecule has 0 fully saturated rings. The number of carbonyl (C=O) groups is 2. The molecule has 1 aromatic carbocycles. The van der Waals surface area contributed by atoms with Gasteiger partial charge in [-0.25, -0.2) is 4.79 Å². The summed E-state index contributed by atoms with van der Waals surface area (Å²) in [5.41, 5.74) is 2.19. The van der Waals surface area contributed by atoms with Gasteiger partial charge < -0.3 is 19.6 Å². The highest BCUT2D eigenvalue weighted by atomic mass is 16.5. The van der Waals surface area contributed by atoms with Crippen LogP contribution in [-0.2, 0) is 0 Å². The number of aryl methyl sites for hydroxylation is 1. The summed E-state index contributed by atoms with van der Waals surface area (Å²) < 4.78 is 10.9. The van der Waals surface area contributed by atoms with Crippen LogP contribution in [0.4, 0.5) is 0 Å². The fourth-order valence-corrected chi connectivity index (χ4v) is 2.71. The molecular weight excluding hydrogens is 334 g/mol. The number of hydrogen-bond acceptors (Lipinski definition) is 4. The van der Waals surface area contributed by atoms with Gasteiger partial charge in [-0.1, -0.05) is 19.1 Å². The number of nitrogens with one attached hydrogen (secondary N) is 1. The lowest BCUT2D eigenvalue weighted by Gasteiger charge is -2.10. The SMILES string of the molecule is CCCOc1cc(/C=C/C(=O)c2c(C)[nH]c(C(=O)O)c2C)ccc1OC. The number of carbonyl (C=O) groups excluding carboxylic acids is 1. The third kappa shape index (κ3) is 4.14. The molecule has 0 saturated heterocycles. The van der Waals surface area contributed by atoms with Crippen molar-refractivity contribution in [3.8, 4) is 11.5 Å². The second kappa shape index (κ2) is 8.38. The van der Waals surface area contributed by atoms with E-state index in [9.17, 15) is 9.59 Å². The molecule has 0 amide bonds. The van der Waals surface area contributed by atoms with Crippen molar-refractivity contribution in [2.75, 3.05) is 13.7 Å². The van der Waals surface area contributed by atoms with Crippen molar-refractivity contribution in [1.82, 2.24) is 4.98 Å². The highest BCUT2D eigenvalue weighted by molar-refractivity contribution is 6.10. The van der Waals surface area contributed by atoms with E-state index in [2.05, 4.69) is 4.98 Å². The first-order valence-corrected chi connectivity index (χ1v) is 8.34. The van der Waals surface area contributed by atoms with Crippen LogP contribution in [-0.4, -0.2) is 35.6 Å². The maximum absolute atomic E-state index is 12.5. The largest absolute Gasteiger partial charge is 0.493 e. The number of ketones is 1. The van der Waals surface area contributed by atoms with E-state index in [-0.39, 0.29) is 11.5 Å². The van der Waals surface area contributed by atoms with E-state index in [1.807, 2.05) is 13.0 Å². The Morgan fingerprint density at radius 2 is 1.96 bits per heavy atom. The fraction of sp³-hybridized carbons (Fsp3) is 0.300. The Kier molecular flexibility index (Phi) is 6.22. The fourth-order valence-electron chi connectivity index (χ4n) is 2.71. The van der Waals surface area contributed by atoms with E-state index in [4.69, 9.17) is 14.6 Å². The quantitative estimate of drug-likeness (QED) is 0.550. The molecular formula is C20H23NO5. The van der Waals surface area contributed by atoms with Gasteiger partial charge in [-0.15, -0.1) is 0 Å². The topological polar surface area (TPSA) is 88.6 Å². The zero-order chi connectivity index (χ0) is 19.3. The summed E-state index contributed by atoms with van der Waals surface area (Å²) in [7, 11) is 1.57. The Morgan fingerprint density at radius 3 is 2.54 bits per heavy atom. The Morgan fingerprint density at radius 1 is 1.23 bits per heavy atom. The molecule has 1 aromatic heterocycles. The molecule has 2 aromatic rings. The van der Waals surface area contributed by atoms with Crippen LogP contribution in [0.1, 0.15) is 51.0 Å². The van der Waals surface area contributed by atoms with Crippen molar-refractivity contribution in [3.05, 3.63) is 52.4 Å². The van der Waals surface area contributed by atoms with Crippen LogP contribution >= 0.6 is 0 Å². The summed E-state index contributed by atoms with van der Waals surface area (Å²) in [6.45, 7) is 5.90. The number of ether oxygens (including phenoxy) is 2. The van der Waals surface area contributed by atoms with Gasteiger partial charge in [0.15, 0.2) is 17.3 Å². The summed E-state index contributed by atoms with van der Waals surface area (Å²) >= 11 is 0. The minimum absolute atomic E-state index is 0.0407. The first-order valence-electron chi connectivity index (χ1n) is 8.34. The molecule has 2 N–H and O–H groups in total. The van der Waals surface area contributed by atoms with E-state index < -0.39 is 5.97 Å². The number of hydrogen-bond donors (Lipinski definition) is 2. The number of carboxylic acids is 1. The number of carboxylic acid groups (broad SMARTS) is 1. The van der Waals surface area contributed by atoms with Gasteiger partial charge in [-0.2, -0.15) is 0 Å². The standard InChI is InChI=1S/C20H23NO5/c1-5-10-26-17-11-14(7-9-16(17)25-4)6-8-15(22)18-12(2)19(20(23)24)21-13(18)3/h6-9,11,21H,5,10H2,1-4H3,(H,23,24)/b8-6+. The second-order valence-electron chi connectivity index (χ2n) is 5.89. The van der Waals surface area contributed by atoms with Crippen LogP contribution in [0.2, 0.25) is 0 Å². The van der Waals surface area contributed by atoms with E-state index in [0.717, 1.165) is 12.0 Å². The molecule has 0 spiro atoms. The molecule has 0 atom stereocenters. The zero-order valence-corrected chi connectivity index (χ0v) is 15.4. The predicted octanol–water partition coefficient (Wildman–Crippen LogP) is 4.02. The van der Waals surface area contributed by atoms with E-state index in [1.165, 1.54) is 6.08 Å². The van der Waals surface area contributed by atoms with Crippen molar-refractivity contribution in [2.45, 2.75) is 27.2 Å². The molecule has 1 heterocycles. The summed E-state index contributed by atoms with van der Waals surface area (Å²) in [6, 6.07) is 5.41. The van der Waals surface area contributed by atoms with Gasteiger partial charge in [0, 0.05) is 11.3 Å². The lowest BCUT2D eigenvalue weighted by Crippen LogP contribution is -2.01. The van der Waals surface area contributed by atoms with Crippen molar-refractivity contribution in [2.24, 2.45) is 0 Å². The van der Waals surface area contributed by atoms with Crippen molar-refractivity contribution in [3.63, 3.8) is 0 Å². The molecule has 6 heteroatoms. The van der Waals surface area contributed by atoms with Gasteiger partial charge in [0.1, 0.15) is 5.69 Å². The number of benzene rings is 1. The molecule has 0 unspecified atom stereocenters. The predicted molar refractivity (Wildman–Crippen MR) is 99.4 cm³/mol. The molecule has 0 aliphatic heterocycles. The second-order valence-corrected chi connectivity index (χ2v) is 5.89. The Hall–Kier alpha value is -3.02. The number of aromatic amines is 1. The Labute approximate surface area is 152 Å². The van der Waals surface area contributed by atoms with Gasteiger partial charge >= 0.3 is 5.97 Å². The molecule has 26 heavy (non-hydrogen) atoms. The van der Waals surface area contributed by atoms with Crippen LogP contribution in [0.3, 0.4) is 0 Å². The minimum Gasteiger partial charge on any atom is -0.493 e. The van der Waals surface area contributed by atoms with Crippen molar-refractivity contribution < 1.29 is 24.2 Å². The maximum atomic E-state index is 12.5. The number of rotatable bonds is 8. The molecule has 0 radical (unpaired) electrons. The van der Waals surface area contributed by atoms with Gasteiger partial charge in [-0.05, 0) is 49.6 Å². The zero-order valence-electron chi connectivity index (χ0n) is 15.4. The molecule has 2 rings (SSSR count). The minimum atomic E-state index is -1.08. The molecule has 0 bridgehead atoms. The highest BCUT2D eigenvalue weighted by Gasteiger charge is 2.20. The lowest BCUT2D eigenvalue weighted by molar-refractivity contribution is 0.0690. The van der Waals surface area contributed by atoms with Gasteiger partial charge in [0.05, 0.1) is 13.7 Å².